The first-order valence-electron chi connectivity index (χ1n) is 6.19. The van der Waals surface area contributed by atoms with Crippen LogP contribution in [0.15, 0.2) is 47.8 Å². The average molecular weight is 261 g/mol. The third-order valence-corrected chi connectivity index (χ3v) is 4.17. The smallest absolute Gasteiger partial charge is 0.104 e. The van der Waals surface area contributed by atoms with E-state index in [1.54, 1.807) is 11.3 Å². The number of hydrogen-bond donors (Lipinski definition) is 2. The number of benzene rings is 1. The van der Waals surface area contributed by atoms with Crippen molar-refractivity contribution >= 4 is 11.3 Å². The van der Waals surface area contributed by atoms with E-state index in [9.17, 15) is 5.11 Å². The zero-order chi connectivity index (χ0) is 12.8. The predicted octanol–water partition coefficient (Wildman–Crippen LogP) is 2.79. The molecule has 0 bridgehead atoms. The Bertz CT molecular complexity index is 455. The summed E-state index contributed by atoms with van der Waals surface area (Å²) in [5, 5.41) is 16.1. The van der Waals surface area contributed by atoms with Gasteiger partial charge in [0.1, 0.15) is 5.60 Å². The van der Waals surface area contributed by atoms with Crippen LogP contribution in [0.1, 0.15) is 16.9 Å². The van der Waals surface area contributed by atoms with Gasteiger partial charge >= 0.3 is 0 Å². The van der Waals surface area contributed by atoms with Crippen LogP contribution in [0.25, 0.3) is 0 Å². The summed E-state index contributed by atoms with van der Waals surface area (Å²) in [6.45, 7) is 0.807. The van der Waals surface area contributed by atoms with Gasteiger partial charge in [0.25, 0.3) is 0 Å². The molecule has 1 heterocycles. The van der Waals surface area contributed by atoms with Crippen LogP contribution in [-0.2, 0) is 12.0 Å². The summed E-state index contributed by atoms with van der Waals surface area (Å²) in [4.78, 5) is 1.04. The maximum absolute atomic E-state index is 10.9. The molecule has 0 fully saturated rings. The maximum Gasteiger partial charge on any atom is 0.104 e. The van der Waals surface area contributed by atoms with Gasteiger partial charge < -0.3 is 10.4 Å². The Morgan fingerprint density at radius 2 is 1.94 bits per heavy atom. The highest BCUT2D eigenvalue weighted by Gasteiger charge is 2.29. The highest BCUT2D eigenvalue weighted by molar-refractivity contribution is 7.10. The van der Waals surface area contributed by atoms with Crippen LogP contribution in [-0.4, -0.2) is 18.7 Å². The van der Waals surface area contributed by atoms with E-state index in [-0.39, 0.29) is 0 Å². The molecule has 1 atom stereocenters. The molecule has 2 aromatic rings. The van der Waals surface area contributed by atoms with Gasteiger partial charge in [-0.05, 0) is 37.0 Å². The maximum atomic E-state index is 10.9. The summed E-state index contributed by atoms with van der Waals surface area (Å²) in [5.41, 5.74) is 0.405. The molecule has 0 spiro atoms. The van der Waals surface area contributed by atoms with Gasteiger partial charge in [0, 0.05) is 11.3 Å². The van der Waals surface area contributed by atoms with Crippen LogP contribution >= 0.6 is 11.3 Å². The molecule has 0 aliphatic carbocycles. The second-order valence-corrected chi connectivity index (χ2v) is 5.47. The molecule has 96 valence electrons. The highest BCUT2D eigenvalue weighted by atomic mass is 32.1. The summed E-state index contributed by atoms with van der Waals surface area (Å²) >= 11 is 1.62. The molecule has 1 unspecified atom stereocenters. The van der Waals surface area contributed by atoms with Crippen molar-refractivity contribution < 1.29 is 5.11 Å². The van der Waals surface area contributed by atoms with E-state index in [1.807, 2.05) is 42.8 Å². The van der Waals surface area contributed by atoms with Crippen molar-refractivity contribution in [2.45, 2.75) is 18.4 Å². The van der Waals surface area contributed by atoms with Crippen molar-refractivity contribution in [3.05, 3.63) is 58.3 Å². The number of thiophene rings is 1. The molecular weight excluding hydrogens is 242 g/mol. The lowest BCUT2D eigenvalue weighted by molar-refractivity contribution is 0.0322. The fourth-order valence-corrected chi connectivity index (χ4v) is 2.96. The van der Waals surface area contributed by atoms with Gasteiger partial charge in [-0.2, -0.15) is 0 Å². The first-order valence-corrected chi connectivity index (χ1v) is 7.07. The van der Waals surface area contributed by atoms with Crippen LogP contribution in [0.5, 0.6) is 0 Å². The van der Waals surface area contributed by atoms with Gasteiger partial charge in [-0.25, -0.2) is 0 Å². The number of nitrogens with one attached hydrogen (secondary N) is 1. The van der Waals surface area contributed by atoms with Crippen LogP contribution < -0.4 is 5.32 Å². The van der Waals surface area contributed by atoms with Gasteiger partial charge in [-0.1, -0.05) is 36.4 Å². The monoisotopic (exact) mass is 261 g/mol. The minimum atomic E-state index is -0.765. The van der Waals surface area contributed by atoms with Gasteiger partial charge in [0.15, 0.2) is 0 Å². The van der Waals surface area contributed by atoms with Gasteiger partial charge in [0.05, 0.1) is 0 Å². The molecule has 0 aliphatic rings. The molecular formula is C15H19NOS. The fourth-order valence-electron chi connectivity index (χ4n) is 2.11. The second kappa shape index (κ2) is 6.14. The molecule has 2 nitrogen and oxygen atoms in total. The minimum Gasteiger partial charge on any atom is -0.384 e. The zero-order valence-electron chi connectivity index (χ0n) is 10.6. The predicted molar refractivity (Wildman–Crippen MR) is 76.9 cm³/mol. The van der Waals surface area contributed by atoms with E-state index in [0.717, 1.165) is 17.8 Å². The summed E-state index contributed by atoms with van der Waals surface area (Å²) in [7, 11) is 1.91. The zero-order valence-corrected chi connectivity index (χ0v) is 11.4. The quantitative estimate of drug-likeness (QED) is 0.838. The van der Waals surface area contributed by atoms with E-state index in [1.165, 1.54) is 5.56 Å². The average Bonchev–Trinajstić information content (AvgIpc) is 2.92. The standard InChI is InChI=1S/C15H19NOS/c1-16-10-9-15(17,14-8-5-11-18-14)12-13-6-3-2-4-7-13/h2-8,11,16-17H,9-10,12H2,1H3. The summed E-state index contributed by atoms with van der Waals surface area (Å²) in [6.07, 6.45) is 1.38. The third-order valence-electron chi connectivity index (χ3n) is 3.11. The van der Waals surface area contributed by atoms with Crippen LogP contribution in [0.3, 0.4) is 0 Å². The van der Waals surface area contributed by atoms with E-state index < -0.39 is 5.60 Å². The fraction of sp³-hybridized carbons (Fsp3) is 0.333. The molecule has 0 saturated heterocycles. The molecule has 2 rings (SSSR count). The van der Waals surface area contributed by atoms with Gasteiger partial charge in [-0.15, -0.1) is 11.3 Å². The SMILES string of the molecule is CNCCC(O)(Cc1ccccc1)c1cccs1. The molecule has 3 heteroatoms. The van der Waals surface area contributed by atoms with E-state index in [0.29, 0.717) is 6.42 Å². The molecule has 0 amide bonds. The molecule has 1 aromatic heterocycles. The molecule has 18 heavy (non-hydrogen) atoms. The van der Waals surface area contributed by atoms with Crippen molar-refractivity contribution in [2.75, 3.05) is 13.6 Å². The largest absolute Gasteiger partial charge is 0.384 e. The van der Waals surface area contributed by atoms with Gasteiger partial charge in [-0.3, -0.25) is 0 Å². The second-order valence-electron chi connectivity index (χ2n) is 4.52. The van der Waals surface area contributed by atoms with Crippen LogP contribution in [0, 0.1) is 0 Å². The van der Waals surface area contributed by atoms with Crippen molar-refractivity contribution in [3.8, 4) is 0 Å². The van der Waals surface area contributed by atoms with Crippen molar-refractivity contribution in [1.29, 1.82) is 0 Å². The Kier molecular flexibility index (Phi) is 4.53. The summed E-state index contributed by atoms with van der Waals surface area (Å²) in [6, 6.07) is 14.2. The first kappa shape index (κ1) is 13.3. The number of hydrogen-bond acceptors (Lipinski definition) is 3. The molecule has 2 N–H and O–H groups in total. The lowest BCUT2D eigenvalue weighted by atomic mass is 9.89. The van der Waals surface area contributed by atoms with Crippen molar-refractivity contribution in [2.24, 2.45) is 0 Å². The summed E-state index contributed by atoms with van der Waals surface area (Å²) < 4.78 is 0. The topological polar surface area (TPSA) is 32.3 Å². The van der Waals surface area contributed by atoms with Crippen molar-refractivity contribution in [3.63, 3.8) is 0 Å². The lowest BCUT2D eigenvalue weighted by Gasteiger charge is -2.27. The number of aliphatic hydroxyl groups is 1. The Labute approximate surface area is 112 Å². The van der Waals surface area contributed by atoms with E-state index >= 15 is 0 Å². The lowest BCUT2D eigenvalue weighted by Crippen LogP contribution is -2.31. The summed E-state index contributed by atoms with van der Waals surface area (Å²) in [5.74, 6) is 0. The molecule has 0 saturated carbocycles. The first-order chi connectivity index (χ1) is 8.74. The van der Waals surface area contributed by atoms with Gasteiger partial charge in [0.2, 0.25) is 0 Å². The Morgan fingerprint density at radius 3 is 2.56 bits per heavy atom. The molecule has 1 aromatic carbocycles. The Balaban J connectivity index is 2.20. The Morgan fingerprint density at radius 1 is 1.17 bits per heavy atom. The van der Waals surface area contributed by atoms with Crippen LogP contribution in [0.4, 0.5) is 0 Å². The molecule has 0 radical (unpaired) electrons. The van der Waals surface area contributed by atoms with E-state index in [2.05, 4.69) is 17.4 Å². The minimum absolute atomic E-state index is 0.663. The Hall–Kier alpha value is -1.16. The van der Waals surface area contributed by atoms with E-state index in [4.69, 9.17) is 0 Å². The third kappa shape index (κ3) is 3.19. The highest BCUT2D eigenvalue weighted by Crippen LogP contribution is 2.32. The van der Waals surface area contributed by atoms with Crippen molar-refractivity contribution in [1.82, 2.24) is 5.32 Å². The normalized spacial score (nSPS) is 14.3. The molecule has 0 aliphatic heterocycles. The van der Waals surface area contributed by atoms with Crippen LogP contribution in [0.2, 0.25) is 0 Å². The number of rotatable bonds is 6.